The number of rotatable bonds is 9. The Kier molecular flexibility index (Phi) is 8.68. The quantitative estimate of drug-likeness (QED) is 0.422. The maximum Gasteiger partial charge on any atom is 0.191 e. The Morgan fingerprint density at radius 3 is 2.70 bits per heavy atom. The van der Waals surface area contributed by atoms with Crippen LogP contribution in [0.15, 0.2) is 4.99 Å². The van der Waals surface area contributed by atoms with Gasteiger partial charge in [0.15, 0.2) is 5.96 Å². The monoisotopic (exact) mass is 380 g/mol. The van der Waals surface area contributed by atoms with Crippen LogP contribution in [-0.2, 0) is 4.74 Å². The molecule has 3 fully saturated rings. The first kappa shape index (κ1) is 20.9. The number of guanidine groups is 1. The van der Waals surface area contributed by atoms with Gasteiger partial charge < -0.3 is 20.5 Å². The van der Waals surface area contributed by atoms with E-state index in [0.717, 1.165) is 37.6 Å². The van der Waals surface area contributed by atoms with E-state index in [4.69, 9.17) is 4.74 Å². The van der Waals surface area contributed by atoms with Gasteiger partial charge in [0.1, 0.15) is 0 Å². The van der Waals surface area contributed by atoms with Crippen LogP contribution in [0.1, 0.15) is 64.7 Å². The van der Waals surface area contributed by atoms with E-state index >= 15 is 0 Å². The molecule has 6 heteroatoms. The summed E-state index contributed by atoms with van der Waals surface area (Å²) in [6, 6.07) is 1.23. The van der Waals surface area contributed by atoms with Crippen molar-refractivity contribution in [2.24, 2.45) is 10.9 Å². The lowest BCUT2D eigenvalue weighted by Crippen LogP contribution is -2.53. The molecule has 0 radical (unpaired) electrons. The van der Waals surface area contributed by atoms with Crippen LogP contribution in [0.2, 0.25) is 0 Å². The number of ether oxygens (including phenoxy) is 1. The van der Waals surface area contributed by atoms with Crippen molar-refractivity contribution in [3.05, 3.63) is 0 Å². The van der Waals surface area contributed by atoms with Crippen LogP contribution in [0.5, 0.6) is 0 Å². The van der Waals surface area contributed by atoms with Crippen molar-refractivity contribution >= 4 is 5.96 Å². The van der Waals surface area contributed by atoms with E-state index in [-0.39, 0.29) is 0 Å². The minimum absolute atomic E-state index is 0.387. The number of aliphatic hydroxyl groups is 1. The van der Waals surface area contributed by atoms with Crippen molar-refractivity contribution < 1.29 is 9.84 Å². The molecular formula is C21H40N4O2. The maximum absolute atomic E-state index is 10.1. The smallest absolute Gasteiger partial charge is 0.191 e. The van der Waals surface area contributed by atoms with Crippen molar-refractivity contribution in [2.75, 3.05) is 39.4 Å². The molecule has 3 aliphatic rings. The Morgan fingerprint density at radius 2 is 1.96 bits per heavy atom. The fourth-order valence-electron chi connectivity index (χ4n) is 4.32. The van der Waals surface area contributed by atoms with Gasteiger partial charge in [0, 0.05) is 31.8 Å². The van der Waals surface area contributed by atoms with E-state index < -0.39 is 6.10 Å². The number of nitrogens with one attached hydrogen (secondary N) is 2. The van der Waals surface area contributed by atoms with Crippen LogP contribution in [0, 0.1) is 5.92 Å². The molecule has 156 valence electrons. The molecule has 0 spiro atoms. The zero-order valence-corrected chi connectivity index (χ0v) is 17.2. The van der Waals surface area contributed by atoms with E-state index in [0.29, 0.717) is 19.2 Å². The molecule has 3 N–H and O–H groups in total. The maximum atomic E-state index is 10.1. The molecule has 2 aliphatic carbocycles. The standard InChI is InChI=1S/C21H40N4O2/c1-2-22-21(23-13-20(26)16-27-15-17-10-11-17)24-18-7-6-12-25(14-18)19-8-4-3-5-9-19/h17-20,26H,2-16H2,1H3,(H2,22,23,24). The summed E-state index contributed by atoms with van der Waals surface area (Å²) in [5.74, 6) is 1.56. The Hall–Kier alpha value is -0.850. The molecule has 0 aromatic carbocycles. The van der Waals surface area contributed by atoms with Crippen LogP contribution in [-0.4, -0.2) is 73.5 Å². The summed E-state index contributed by atoms with van der Waals surface area (Å²) in [6.07, 6.45) is 11.4. The van der Waals surface area contributed by atoms with Gasteiger partial charge in [-0.15, -0.1) is 0 Å². The van der Waals surface area contributed by atoms with Gasteiger partial charge in [-0.2, -0.15) is 0 Å². The van der Waals surface area contributed by atoms with Gasteiger partial charge in [-0.25, -0.2) is 0 Å². The van der Waals surface area contributed by atoms with Crippen molar-refractivity contribution in [1.82, 2.24) is 15.5 Å². The van der Waals surface area contributed by atoms with Gasteiger partial charge in [0.05, 0.1) is 19.3 Å². The Bertz CT molecular complexity index is 449. The Balaban J connectivity index is 1.42. The van der Waals surface area contributed by atoms with Gasteiger partial charge in [0.25, 0.3) is 0 Å². The first-order valence-electron chi connectivity index (χ1n) is 11.3. The molecule has 2 saturated carbocycles. The topological polar surface area (TPSA) is 69.1 Å². The fourth-order valence-corrected chi connectivity index (χ4v) is 4.32. The van der Waals surface area contributed by atoms with Crippen LogP contribution in [0.4, 0.5) is 0 Å². The lowest BCUT2D eigenvalue weighted by Gasteiger charge is -2.40. The second kappa shape index (κ2) is 11.2. The van der Waals surface area contributed by atoms with Gasteiger partial charge in [-0.3, -0.25) is 9.89 Å². The summed E-state index contributed by atoms with van der Waals surface area (Å²) in [5.41, 5.74) is 0. The number of hydrogen-bond donors (Lipinski definition) is 3. The highest BCUT2D eigenvalue weighted by molar-refractivity contribution is 5.80. The minimum Gasteiger partial charge on any atom is -0.389 e. The highest BCUT2D eigenvalue weighted by Gasteiger charge is 2.27. The summed E-state index contributed by atoms with van der Waals surface area (Å²) >= 11 is 0. The SMILES string of the molecule is CCNC(=NCC(O)COCC1CC1)NC1CCCN(C2CCCCC2)C1. The van der Waals surface area contributed by atoms with Crippen molar-refractivity contribution in [3.8, 4) is 0 Å². The van der Waals surface area contributed by atoms with Crippen LogP contribution in [0.3, 0.4) is 0 Å². The lowest BCUT2D eigenvalue weighted by atomic mass is 9.92. The number of nitrogens with zero attached hydrogens (tertiary/aromatic N) is 2. The van der Waals surface area contributed by atoms with E-state index in [9.17, 15) is 5.11 Å². The molecular weight excluding hydrogens is 340 g/mol. The molecule has 0 aromatic rings. The summed E-state index contributed by atoms with van der Waals surface area (Å²) in [5, 5.41) is 17.1. The predicted molar refractivity (Wildman–Crippen MR) is 110 cm³/mol. The molecule has 1 heterocycles. The normalized spacial score (nSPS) is 26.7. The van der Waals surface area contributed by atoms with E-state index in [1.54, 1.807) is 0 Å². The Morgan fingerprint density at radius 1 is 1.15 bits per heavy atom. The first-order chi connectivity index (χ1) is 13.2. The average molecular weight is 381 g/mol. The van der Waals surface area contributed by atoms with Crippen molar-refractivity contribution in [2.45, 2.75) is 82.9 Å². The summed E-state index contributed by atoms with van der Waals surface area (Å²) in [6.45, 7) is 6.84. The number of likely N-dealkylation sites (tertiary alicyclic amines) is 1. The summed E-state index contributed by atoms with van der Waals surface area (Å²) in [7, 11) is 0. The lowest BCUT2D eigenvalue weighted by molar-refractivity contribution is 0.0368. The van der Waals surface area contributed by atoms with Gasteiger partial charge in [-0.1, -0.05) is 19.3 Å². The van der Waals surface area contributed by atoms with Crippen molar-refractivity contribution in [3.63, 3.8) is 0 Å². The molecule has 0 amide bonds. The van der Waals surface area contributed by atoms with E-state index in [2.05, 4.69) is 27.4 Å². The van der Waals surface area contributed by atoms with Crippen molar-refractivity contribution in [1.29, 1.82) is 0 Å². The highest BCUT2D eigenvalue weighted by atomic mass is 16.5. The molecule has 6 nitrogen and oxygen atoms in total. The summed E-state index contributed by atoms with van der Waals surface area (Å²) < 4.78 is 5.58. The van der Waals surface area contributed by atoms with Crippen LogP contribution < -0.4 is 10.6 Å². The fraction of sp³-hybridized carbons (Fsp3) is 0.952. The number of aliphatic hydroxyl groups excluding tert-OH is 1. The zero-order chi connectivity index (χ0) is 18.9. The molecule has 27 heavy (non-hydrogen) atoms. The molecule has 1 saturated heterocycles. The van der Waals surface area contributed by atoms with Crippen LogP contribution in [0.25, 0.3) is 0 Å². The van der Waals surface area contributed by atoms with Gasteiger partial charge >= 0.3 is 0 Å². The first-order valence-corrected chi connectivity index (χ1v) is 11.3. The predicted octanol–water partition coefficient (Wildman–Crippen LogP) is 2.13. The second-order valence-electron chi connectivity index (χ2n) is 8.62. The molecule has 1 aliphatic heterocycles. The Labute approximate surface area is 165 Å². The van der Waals surface area contributed by atoms with Crippen LogP contribution >= 0.6 is 0 Å². The highest BCUT2D eigenvalue weighted by Crippen LogP contribution is 2.28. The molecule has 2 unspecified atom stereocenters. The number of piperidine rings is 1. The third kappa shape index (κ3) is 7.59. The van der Waals surface area contributed by atoms with Gasteiger partial charge in [0.2, 0.25) is 0 Å². The van der Waals surface area contributed by atoms with Gasteiger partial charge in [-0.05, 0) is 57.9 Å². The second-order valence-corrected chi connectivity index (χ2v) is 8.62. The molecule has 0 bridgehead atoms. The van der Waals surface area contributed by atoms with E-state index in [1.807, 2.05) is 0 Å². The third-order valence-electron chi connectivity index (χ3n) is 6.05. The molecule has 0 aromatic heterocycles. The number of aliphatic imine (C=N–C) groups is 1. The average Bonchev–Trinajstić information content (AvgIpc) is 3.52. The minimum atomic E-state index is -0.524. The summed E-state index contributed by atoms with van der Waals surface area (Å²) in [4.78, 5) is 7.30. The largest absolute Gasteiger partial charge is 0.389 e. The number of hydrogen-bond acceptors (Lipinski definition) is 4. The molecule has 3 rings (SSSR count). The van der Waals surface area contributed by atoms with E-state index in [1.165, 1.54) is 64.3 Å². The third-order valence-corrected chi connectivity index (χ3v) is 6.05. The molecule has 2 atom stereocenters. The zero-order valence-electron chi connectivity index (χ0n) is 17.2.